The molecule has 0 saturated carbocycles. The van der Waals surface area contributed by atoms with Gasteiger partial charge in [-0.15, -0.1) is 11.8 Å². The summed E-state index contributed by atoms with van der Waals surface area (Å²) in [6.45, 7) is 1.81. The molecular formula is C30H25ClN4O3S. The number of nitrogens with zero attached hydrogens (tertiary/aromatic N) is 1. The van der Waals surface area contributed by atoms with Crippen molar-refractivity contribution in [2.45, 2.75) is 17.1 Å². The smallest absolute Gasteiger partial charge is 0.272 e. The summed E-state index contributed by atoms with van der Waals surface area (Å²) in [6, 6.07) is 28.0. The first kappa shape index (κ1) is 27.6. The summed E-state index contributed by atoms with van der Waals surface area (Å²) in [6.07, 6.45) is 3.15. The lowest BCUT2D eigenvalue weighted by Crippen LogP contribution is -2.30. The highest BCUT2D eigenvalue weighted by Crippen LogP contribution is 2.26. The maximum Gasteiger partial charge on any atom is 0.272 e. The van der Waals surface area contributed by atoms with Crippen molar-refractivity contribution in [2.24, 2.45) is 0 Å². The number of rotatable bonds is 9. The molecule has 39 heavy (non-hydrogen) atoms. The molecule has 4 aromatic rings. The first-order valence-corrected chi connectivity index (χ1v) is 13.3. The van der Waals surface area contributed by atoms with Crippen molar-refractivity contribution >= 4 is 58.7 Å². The van der Waals surface area contributed by atoms with E-state index < -0.39 is 11.8 Å². The summed E-state index contributed by atoms with van der Waals surface area (Å²) in [5, 5.41) is 8.37. The Hall–Kier alpha value is -4.40. The number of benzene rings is 3. The number of carbonyl (C=O) groups is 3. The molecule has 196 valence electrons. The minimum absolute atomic E-state index is 0.0372. The quantitative estimate of drug-likeness (QED) is 0.167. The lowest BCUT2D eigenvalue weighted by Gasteiger charge is -2.13. The monoisotopic (exact) mass is 556 g/mol. The van der Waals surface area contributed by atoms with Gasteiger partial charge in [-0.1, -0.05) is 54.1 Å². The van der Waals surface area contributed by atoms with Gasteiger partial charge in [0.1, 0.15) is 11.5 Å². The zero-order valence-corrected chi connectivity index (χ0v) is 22.5. The van der Waals surface area contributed by atoms with Crippen LogP contribution in [-0.4, -0.2) is 28.0 Å². The van der Waals surface area contributed by atoms with Gasteiger partial charge in [0, 0.05) is 27.4 Å². The van der Waals surface area contributed by atoms with Crippen LogP contribution in [0.3, 0.4) is 0 Å². The molecule has 0 bridgehead atoms. The molecule has 4 rings (SSSR count). The number of hydrogen-bond acceptors (Lipinski definition) is 5. The molecule has 0 spiro atoms. The molecule has 0 radical (unpaired) electrons. The van der Waals surface area contributed by atoms with E-state index in [4.69, 9.17) is 11.6 Å². The van der Waals surface area contributed by atoms with Crippen molar-refractivity contribution in [1.82, 2.24) is 10.3 Å². The molecule has 0 aliphatic carbocycles. The summed E-state index contributed by atoms with van der Waals surface area (Å²) >= 11 is 7.67. The Morgan fingerprint density at radius 1 is 0.846 bits per heavy atom. The molecule has 0 fully saturated rings. The Morgan fingerprint density at radius 3 is 2.23 bits per heavy atom. The highest BCUT2D eigenvalue weighted by Gasteiger charge is 2.17. The highest BCUT2D eigenvalue weighted by molar-refractivity contribution is 8.00. The number of carbonyl (C=O) groups excluding carboxylic acids is 3. The lowest BCUT2D eigenvalue weighted by atomic mass is 10.1. The van der Waals surface area contributed by atoms with Crippen LogP contribution in [0.25, 0.3) is 6.08 Å². The van der Waals surface area contributed by atoms with Gasteiger partial charge in [0.15, 0.2) is 0 Å². The number of amides is 3. The fraction of sp³-hybridized carbons (Fsp3) is 0.0667. The summed E-state index contributed by atoms with van der Waals surface area (Å²) in [5.74, 6) is -0.607. The Bertz CT molecular complexity index is 1480. The van der Waals surface area contributed by atoms with Gasteiger partial charge in [-0.25, -0.2) is 4.98 Å². The zero-order chi connectivity index (χ0) is 27.6. The van der Waals surface area contributed by atoms with Gasteiger partial charge >= 0.3 is 0 Å². The minimum atomic E-state index is -0.511. The number of nitrogens with one attached hydrogen (secondary N) is 3. The topological polar surface area (TPSA) is 100 Å². The van der Waals surface area contributed by atoms with E-state index in [1.807, 2.05) is 12.1 Å². The maximum atomic E-state index is 13.2. The van der Waals surface area contributed by atoms with Crippen LogP contribution < -0.4 is 16.0 Å². The molecule has 1 atom stereocenters. The third-order valence-electron chi connectivity index (χ3n) is 5.44. The molecule has 1 heterocycles. The van der Waals surface area contributed by atoms with Crippen molar-refractivity contribution in [2.75, 3.05) is 10.6 Å². The van der Waals surface area contributed by atoms with Crippen LogP contribution in [0, 0.1) is 0 Å². The Balaban J connectivity index is 1.44. The van der Waals surface area contributed by atoms with Crippen LogP contribution in [0.4, 0.5) is 11.5 Å². The van der Waals surface area contributed by atoms with Gasteiger partial charge in [0.05, 0.1) is 5.25 Å². The average molecular weight is 557 g/mol. The number of aromatic nitrogens is 1. The van der Waals surface area contributed by atoms with Gasteiger partial charge in [-0.2, -0.15) is 0 Å². The zero-order valence-electron chi connectivity index (χ0n) is 20.9. The van der Waals surface area contributed by atoms with Gasteiger partial charge in [-0.05, 0) is 73.2 Å². The molecule has 9 heteroatoms. The second kappa shape index (κ2) is 13.4. The SMILES string of the molecule is CC(Sc1ccc(NC(=O)/C(=C/c2ccccc2Cl)NC(=O)c2ccccc2)cc1)C(=O)Nc1ccccn1. The van der Waals surface area contributed by atoms with Crippen molar-refractivity contribution in [3.05, 3.63) is 125 Å². The van der Waals surface area contributed by atoms with E-state index in [0.29, 0.717) is 27.7 Å². The van der Waals surface area contributed by atoms with Crippen LogP contribution in [0.2, 0.25) is 5.02 Å². The fourth-order valence-corrected chi connectivity index (χ4v) is 4.49. The third-order valence-corrected chi connectivity index (χ3v) is 6.90. The third kappa shape index (κ3) is 8.04. The van der Waals surface area contributed by atoms with E-state index in [9.17, 15) is 14.4 Å². The molecule has 7 nitrogen and oxygen atoms in total. The Labute approximate surface area is 235 Å². The Morgan fingerprint density at radius 2 is 1.54 bits per heavy atom. The standard InChI is InChI=1S/C30H25ClN4O3S/c1-20(28(36)35-27-13-7-8-18-32-27)39-24-16-14-23(15-17-24)33-30(38)26(19-22-11-5-6-12-25(22)31)34-29(37)21-9-3-2-4-10-21/h2-20H,1H3,(H,33,38)(H,34,37)(H,32,35,36)/b26-19-. The molecule has 0 aliphatic heterocycles. The predicted molar refractivity (Wildman–Crippen MR) is 157 cm³/mol. The minimum Gasteiger partial charge on any atom is -0.321 e. The molecule has 3 amide bonds. The van der Waals surface area contributed by atoms with Crippen LogP contribution in [0.15, 0.2) is 114 Å². The van der Waals surface area contributed by atoms with E-state index in [1.165, 1.54) is 17.8 Å². The van der Waals surface area contributed by atoms with E-state index in [-0.39, 0.29) is 16.9 Å². The summed E-state index contributed by atoms with van der Waals surface area (Å²) in [4.78, 5) is 43.5. The summed E-state index contributed by atoms with van der Waals surface area (Å²) in [5.41, 5.74) is 1.56. The van der Waals surface area contributed by atoms with E-state index in [2.05, 4.69) is 20.9 Å². The molecule has 3 N–H and O–H groups in total. The van der Waals surface area contributed by atoms with Crippen molar-refractivity contribution in [3.8, 4) is 0 Å². The van der Waals surface area contributed by atoms with E-state index >= 15 is 0 Å². The largest absolute Gasteiger partial charge is 0.321 e. The van der Waals surface area contributed by atoms with Crippen LogP contribution in [-0.2, 0) is 9.59 Å². The number of hydrogen-bond donors (Lipinski definition) is 3. The highest BCUT2D eigenvalue weighted by atomic mass is 35.5. The average Bonchev–Trinajstić information content (AvgIpc) is 2.95. The maximum absolute atomic E-state index is 13.2. The fourth-order valence-electron chi connectivity index (χ4n) is 3.43. The summed E-state index contributed by atoms with van der Waals surface area (Å²) < 4.78 is 0. The van der Waals surface area contributed by atoms with E-state index in [0.717, 1.165) is 4.90 Å². The van der Waals surface area contributed by atoms with Gasteiger partial charge in [-0.3, -0.25) is 14.4 Å². The molecule has 0 saturated heterocycles. The predicted octanol–water partition coefficient (Wildman–Crippen LogP) is 6.26. The number of pyridine rings is 1. The van der Waals surface area contributed by atoms with Gasteiger partial charge < -0.3 is 16.0 Å². The number of thioether (sulfide) groups is 1. The second-order valence-electron chi connectivity index (χ2n) is 8.34. The first-order chi connectivity index (χ1) is 18.9. The van der Waals surface area contributed by atoms with E-state index in [1.54, 1.807) is 98.0 Å². The number of halogens is 1. The van der Waals surface area contributed by atoms with Crippen LogP contribution >= 0.6 is 23.4 Å². The normalized spacial score (nSPS) is 11.8. The van der Waals surface area contributed by atoms with Crippen LogP contribution in [0.1, 0.15) is 22.8 Å². The van der Waals surface area contributed by atoms with Crippen molar-refractivity contribution < 1.29 is 14.4 Å². The molecule has 0 aliphatic rings. The molecule has 1 aromatic heterocycles. The molecular weight excluding hydrogens is 532 g/mol. The van der Waals surface area contributed by atoms with Crippen molar-refractivity contribution in [3.63, 3.8) is 0 Å². The molecule has 3 aromatic carbocycles. The summed E-state index contributed by atoms with van der Waals surface area (Å²) in [7, 11) is 0. The Kier molecular flexibility index (Phi) is 9.50. The second-order valence-corrected chi connectivity index (χ2v) is 10.2. The van der Waals surface area contributed by atoms with Gasteiger partial charge in [0.25, 0.3) is 11.8 Å². The lowest BCUT2D eigenvalue weighted by molar-refractivity contribution is -0.115. The van der Waals surface area contributed by atoms with Gasteiger partial charge in [0.2, 0.25) is 5.91 Å². The number of anilines is 2. The van der Waals surface area contributed by atoms with Crippen molar-refractivity contribution in [1.29, 1.82) is 0 Å². The molecule has 1 unspecified atom stereocenters. The van der Waals surface area contributed by atoms with Crippen LogP contribution in [0.5, 0.6) is 0 Å². The first-order valence-electron chi connectivity index (χ1n) is 12.0.